The largest absolute Gasteiger partial charge is 0.332 e. The predicted molar refractivity (Wildman–Crippen MR) is 87.5 cm³/mol. The molecule has 2 aromatic carbocycles. The third-order valence-corrected chi connectivity index (χ3v) is 3.03. The van der Waals surface area contributed by atoms with E-state index in [1.165, 1.54) is 6.92 Å². The summed E-state index contributed by atoms with van der Waals surface area (Å²) in [4.78, 5) is 11.5. The maximum atomic E-state index is 11.5. The van der Waals surface area contributed by atoms with Crippen molar-refractivity contribution < 1.29 is 4.79 Å². The van der Waals surface area contributed by atoms with E-state index in [1.54, 1.807) is 6.07 Å². The first kappa shape index (κ1) is 14.2. The van der Waals surface area contributed by atoms with E-state index in [4.69, 9.17) is 12.2 Å². The van der Waals surface area contributed by atoms with E-state index in [2.05, 4.69) is 10.6 Å². The highest BCUT2D eigenvalue weighted by Crippen LogP contribution is 2.16. The third kappa shape index (κ3) is 3.65. The second kappa shape index (κ2) is 6.30. The molecule has 0 aliphatic carbocycles. The molecule has 0 bridgehead atoms. The minimum absolute atomic E-state index is 0.00598. The van der Waals surface area contributed by atoms with Gasteiger partial charge in [0.1, 0.15) is 0 Å². The predicted octanol–water partition coefficient (Wildman–Crippen LogP) is 4.01. The lowest BCUT2D eigenvalue weighted by atomic mass is 10.1. The zero-order valence-corrected chi connectivity index (χ0v) is 12.3. The summed E-state index contributed by atoms with van der Waals surface area (Å²) in [6.07, 6.45) is 0. The van der Waals surface area contributed by atoms with Crippen molar-refractivity contribution >= 4 is 34.5 Å². The van der Waals surface area contributed by atoms with Crippen molar-refractivity contribution in [2.24, 2.45) is 0 Å². The number of carbonyl (C=O) groups excluding carboxylic acids is 1. The molecule has 0 radical (unpaired) electrons. The van der Waals surface area contributed by atoms with E-state index in [9.17, 15) is 4.79 Å². The van der Waals surface area contributed by atoms with E-state index in [-0.39, 0.29) is 5.78 Å². The summed E-state index contributed by atoms with van der Waals surface area (Å²) in [5.74, 6) is 0.00598. The van der Waals surface area contributed by atoms with Crippen molar-refractivity contribution in [2.45, 2.75) is 13.8 Å². The molecule has 0 heterocycles. The van der Waals surface area contributed by atoms with Gasteiger partial charge in [0.05, 0.1) is 5.69 Å². The molecule has 20 heavy (non-hydrogen) atoms. The van der Waals surface area contributed by atoms with Crippen molar-refractivity contribution in [3.63, 3.8) is 0 Å². The summed E-state index contributed by atoms with van der Waals surface area (Å²) in [5.41, 5.74) is 3.41. The molecule has 0 amide bonds. The lowest BCUT2D eigenvalue weighted by Crippen LogP contribution is -2.20. The van der Waals surface area contributed by atoms with Crippen LogP contribution in [0.5, 0.6) is 0 Å². The first-order valence-electron chi connectivity index (χ1n) is 6.31. The van der Waals surface area contributed by atoms with E-state index >= 15 is 0 Å². The topological polar surface area (TPSA) is 41.1 Å². The Morgan fingerprint density at radius 3 is 2.50 bits per heavy atom. The van der Waals surface area contributed by atoms with E-state index in [0.717, 1.165) is 11.3 Å². The summed E-state index contributed by atoms with van der Waals surface area (Å²) in [6.45, 7) is 3.56. The van der Waals surface area contributed by atoms with Crippen molar-refractivity contribution in [3.8, 4) is 0 Å². The molecule has 102 valence electrons. The number of benzene rings is 2. The van der Waals surface area contributed by atoms with Crippen molar-refractivity contribution in [3.05, 3.63) is 59.7 Å². The van der Waals surface area contributed by atoms with Gasteiger partial charge in [-0.3, -0.25) is 4.79 Å². The molecule has 4 heteroatoms. The fraction of sp³-hybridized carbons (Fsp3) is 0.125. The molecule has 0 spiro atoms. The Bertz CT molecular complexity index is 652. The molecular weight excluding hydrogens is 268 g/mol. The highest BCUT2D eigenvalue weighted by molar-refractivity contribution is 7.80. The van der Waals surface area contributed by atoms with Crippen LogP contribution in [0.25, 0.3) is 0 Å². The molecule has 0 aliphatic rings. The molecule has 0 fully saturated rings. The Morgan fingerprint density at radius 1 is 1.05 bits per heavy atom. The Hall–Kier alpha value is -2.20. The van der Waals surface area contributed by atoms with Gasteiger partial charge >= 0.3 is 0 Å². The number of Topliss-reactive ketones (excluding diaryl/α,β-unsaturated/α-hetero) is 1. The van der Waals surface area contributed by atoms with Crippen LogP contribution in [-0.4, -0.2) is 10.9 Å². The molecule has 0 unspecified atom stereocenters. The van der Waals surface area contributed by atoms with Gasteiger partial charge in [-0.25, -0.2) is 0 Å². The number of hydrogen-bond acceptors (Lipinski definition) is 2. The summed E-state index contributed by atoms with van der Waals surface area (Å²) in [5, 5.41) is 6.63. The molecule has 2 rings (SSSR count). The second-order valence-corrected chi connectivity index (χ2v) is 4.96. The molecular formula is C16H16N2OS. The van der Waals surface area contributed by atoms with Crippen LogP contribution in [0, 0.1) is 6.92 Å². The number of thiocarbonyl (C=S) groups is 1. The van der Waals surface area contributed by atoms with Crippen LogP contribution in [-0.2, 0) is 0 Å². The van der Waals surface area contributed by atoms with Gasteiger partial charge in [-0.15, -0.1) is 0 Å². The van der Waals surface area contributed by atoms with Crippen molar-refractivity contribution in [1.29, 1.82) is 0 Å². The summed E-state index contributed by atoms with van der Waals surface area (Å²) >= 11 is 5.27. The van der Waals surface area contributed by atoms with Gasteiger partial charge in [0, 0.05) is 11.3 Å². The number of anilines is 2. The molecule has 0 aliphatic heterocycles. The van der Waals surface area contributed by atoms with Crippen LogP contribution in [0.1, 0.15) is 22.8 Å². The molecule has 0 saturated carbocycles. The molecule has 0 saturated heterocycles. The minimum Gasteiger partial charge on any atom is -0.332 e. The summed E-state index contributed by atoms with van der Waals surface area (Å²) in [6, 6.07) is 15.2. The quantitative estimate of drug-likeness (QED) is 0.660. The Labute approximate surface area is 124 Å². The van der Waals surface area contributed by atoms with Crippen LogP contribution in [0.4, 0.5) is 11.4 Å². The molecule has 0 aromatic heterocycles. The van der Waals surface area contributed by atoms with E-state index < -0.39 is 0 Å². The molecule has 3 nitrogen and oxygen atoms in total. The lowest BCUT2D eigenvalue weighted by molar-refractivity contribution is 0.101. The van der Waals surface area contributed by atoms with Crippen LogP contribution >= 0.6 is 12.2 Å². The third-order valence-electron chi connectivity index (χ3n) is 2.83. The monoisotopic (exact) mass is 284 g/mol. The smallest absolute Gasteiger partial charge is 0.175 e. The van der Waals surface area contributed by atoms with Crippen molar-refractivity contribution in [1.82, 2.24) is 0 Å². The maximum absolute atomic E-state index is 11.5. The van der Waals surface area contributed by atoms with Crippen LogP contribution in [0.3, 0.4) is 0 Å². The Balaban J connectivity index is 2.11. The second-order valence-electron chi connectivity index (χ2n) is 4.55. The first-order chi connectivity index (χ1) is 9.56. The Morgan fingerprint density at radius 2 is 1.80 bits per heavy atom. The number of hydrogen-bond donors (Lipinski definition) is 2. The number of rotatable bonds is 3. The summed E-state index contributed by atoms with van der Waals surface area (Å²) in [7, 11) is 0. The number of carbonyl (C=O) groups is 1. The van der Waals surface area contributed by atoms with Gasteiger partial charge in [-0.05, 0) is 55.9 Å². The van der Waals surface area contributed by atoms with Crippen molar-refractivity contribution in [2.75, 3.05) is 10.6 Å². The lowest BCUT2D eigenvalue weighted by Gasteiger charge is -2.13. The number of nitrogens with one attached hydrogen (secondary N) is 2. The standard InChI is InChI=1S/C16H16N2OS/c1-11-6-5-7-13(10-11)17-16(20)18-15-9-4-3-8-14(15)12(2)19/h3-10H,1-2H3,(H2,17,18,20). The maximum Gasteiger partial charge on any atom is 0.175 e. The number of aryl methyl sites for hydroxylation is 1. The first-order valence-corrected chi connectivity index (χ1v) is 6.72. The van der Waals surface area contributed by atoms with Gasteiger partial charge in [0.2, 0.25) is 0 Å². The van der Waals surface area contributed by atoms with Gasteiger partial charge in [0.25, 0.3) is 0 Å². The van der Waals surface area contributed by atoms with E-state index in [0.29, 0.717) is 16.4 Å². The van der Waals surface area contributed by atoms with Gasteiger partial charge in [0.15, 0.2) is 10.9 Å². The van der Waals surface area contributed by atoms with Crippen LogP contribution < -0.4 is 10.6 Å². The zero-order valence-electron chi connectivity index (χ0n) is 11.4. The highest BCUT2D eigenvalue weighted by Gasteiger charge is 2.07. The van der Waals surface area contributed by atoms with Gasteiger partial charge in [-0.1, -0.05) is 24.3 Å². The van der Waals surface area contributed by atoms with Crippen LogP contribution in [0.15, 0.2) is 48.5 Å². The number of ketones is 1. The normalized spacial score (nSPS) is 9.90. The summed E-state index contributed by atoms with van der Waals surface area (Å²) < 4.78 is 0. The fourth-order valence-electron chi connectivity index (χ4n) is 1.91. The molecule has 2 aromatic rings. The minimum atomic E-state index is 0.00598. The van der Waals surface area contributed by atoms with Gasteiger partial charge in [-0.2, -0.15) is 0 Å². The average molecular weight is 284 g/mol. The van der Waals surface area contributed by atoms with Crippen LogP contribution in [0.2, 0.25) is 0 Å². The molecule has 2 N–H and O–H groups in total. The van der Waals surface area contributed by atoms with Gasteiger partial charge < -0.3 is 10.6 Å². The van der Waals surface area contributed by atoms with E-state index in [1.807, 2.05) is 49.4 Å². The average Bonchev–Trinajstić information content (AvgIpc) is 2.38. The Kier molecular flexibility index (Phi) is 4.48. The zero-order chi connectivity index (χ0) is 14.5. The molecule has 0 atom stereocenters. The highest BCUT2D eigenvalue weighted by atomic mass is 32.1. The fourth-order valence-corrected chi connectivity index (χ4v) is 2.13. The SMILES string of the molecule is CC(=O)c1ccccc1NC(=S)Nc1cccc(C)c1. The number of para-hydroxylation sites is 1.